The van der Waals surface area contributed by atoms with Crippen LogP contribution in [0.3, 0.4) is 0 Å². The number of hydrogen-bond acceptors (Lipinski definition) is 2. The summed E-state index contributed by atoms with van der Waals surface area (Å²) in [6.07, 6.45) is 6.06. The van der Waals surface area contributed by atoms with E-state index in [4.69, 9.17) is 11.6 Å². The van der Waals surface area contributed by atoms with E-state index in [0.29, 0.717) is 12.6 Å². The molecule has 0 unspecified atom stereocenters. The normalized spacial score (nSPS) is 15.9. The summed E-state index contributed by atoms with van der Waals surface area (Å²) in [5.41, 5.74) is 1.94. The highest BCUT2D eigenvalue weighted by Gasteiger charge is 2.21. The zero-order valence-electron chi connectivity index (χ0n) is 12.3. The molecule has 0 saturated heterocycles. The summed E-state index contributed by atoms with van der Waals surface area (Å²) in [6, 6.07) is 6.19. The molecule has 0 spiro atoms. The summed E-state index contributed by atoms with van der Waals surface area (Å²) >= 11 is 6.08. The lowest BCUT2D eigenvalue weighted by Crippen LogP contribution is -2.41. The van der Waals surface area contributed by atoms with Crippen LogP contribution < -0.4 is 5.32 Å². The van der Waals surface area contributed by atoms with Gasteiger partial charge in [-0.25, -0.2) is 0 Å². The highest BCUT2D eigenvalue weighted by Crippen LogP contribution is 2.22. The second-order valence-corrected chi connectivity index (χ2v) is 6.02. The number of hydrogen-bond donors (Lipinski definition) is 1. The van der Waals surface area contributed by atoms with E-state index < -0.39 is 0 Å². The molecule has 2 rings (SSSR count). The Morgan fingerprint density at radius 3 is 2.70 bits per heavy atom. The van der Waals surface area contributed by atoms with Crippen molar-refractivity contribution in [3.05, 3.63) is 28.8 Å². The Balaban J connectivity index is 1.86. The molecule has 1 saturated carbocycles. The van der Waals surface area contributed by atoms with E-state index in [-0.39, 0.29) is 5.91 Å². The average Bonchev–Trinajstić information content (AvgIpc) is 2.48. The van der Waals surface area contributed by atoms with Gasteiger partial charge in [-0.3, -0.25) is 4.79 Å². The van der Waals surface area contributed by atoms with Crippen molar-refractivity contribution in [2.45, 2.75) is 45.1 Å². The van der Waals surface area contributed by atoms with E-state index in [1.165, 1.54) is 19.3 Å². The van der Waals surface area contributed by atoms with Crippen LogP contribution in [-0.4, -0.2) is 30.4 Å². The standard InChI is InChI=1S/C16H23ClN2O/c1-12-8-9-13(10-15(12)17)18-11-16(20)19(2)14-6-4-3-5-7-14/h8-10,14,18H,3-7,11H2,1-2H3. The van der Waals surface area contributed by atoms with Crippen LogP contribution in [0.2, 0.25) is 5.02 Å². The molecule has 0 radical (unpaired) electrons. The van der Waals surface area contributed by atoms with Gasteiger partial charge in [0.25, 0.3) is 0 Å². The van der Waals surface area contributed by atoms with Crippen molar-refractivity contribution < 1.29 is 4.79 Å². The highest BCUT2D eigenvalue weighted by molar-refractivity contribution is 6.31. The number of nitrogens with zero attached hydrogens (tertiary/aromatic N) is 1. The van der Waals surface area contributed by atoms with E-state index in [1.807, 2.05) is 37.1 Å². The first kappa shape index (κ1) is 15.2. The molecule has 0 aliphatic heterocycles. The van der Waals surface area contributed by atoms with E-state index in [0.717, 1.165) is 29.1 Å². The average molecular weight is 295 g/mol. The second-order valence-electron chi connectivity index (χ2n) is 5.61. The summed E-state index contributed by atoms with van der Waals surface area (Å²) in [6.45, 7) is 2.29. The minimum Gasteiger partial charge on any atom is -0.376 e. The summed E-state index contributed by atoms with van der Waals surface area (Å²) in [5.74, 6) is 0.147. The molecule has 3 nitrogen and oxygen atoms in total. The van der Waals surface area contributed by atoms with E-state index in [1.54, 1.807) is 0 Å². The third-order valence-corrected chi connectivity index (χ3v) is 4.54. The number of anilines is 1. The largest absolute Gasteiger partial charge is 0.376 e. The fourth-order valence-electron chi connectivity index (χ4n) is 2.68. The van der Waals surface area contributed by atoms with Gasteiger partial charge in [-0.2, -0.15) is 0 Å². The number of carbonyl (C=O) groups excluding carboxylic acids is 1. The smallest absolute Gasteiger partial charge is 0.241 e. The van der Waals surface area contributed by atoms with Crippen LogP contribution in [0.5, 0.6) is 0 Å². The molecule has 1 aliphatic carbocycles. The van der Waals surface area contributed by atoms with Crippen LogP contribution in [0.25, 0.3) is 0 Å². The summed E-state index contributed by atoms with van der Waals surface area (Å²) in [4.78, 5) is 14.1. The molecular weight excluding hydrogens is 272 g/mol. The van der Waals surface area contributed by atoms with Crippen molar-refractivity contribution in [3.8, 4) is 0 Å². The Labute approximate surface area is 126 Å². The molecule has 110 valence electrons. The van der Waals surface area contributed by atoms with Gasteiger partial charge < -0.3 is 10.2 Å². The van der Waals surface area contributed by atoms with Crippen LogP contribution in [0, 0.1) is 6.92 Å². The van der Waals surface area contributed by atoms with Gasteiger partial charge >= 0.3 is 0 Å². The molecule has 1 aliphatic rings. The Kier molecular flexibility index (Phi) is 5.30. The number of nitrogens with one attached hydrogen (secondary N) is 1. The van der Waals surface area contributed by atoms with Crippen LogP contribution in [-0.2, 0) is 4.79 Å². The van der Waals surface area contributed by atoms with Crippen LogP contribution in [0.15, 0.2) is 18.2 Å². The first-order valence-electron chi connectivity index (χ1n) is 7.33. The molecule has 1 fully saturated rings. The van der Waals surface area contributed by atoms with E-state index in [9.17, 15) is 4.79 Å². The van der Waals surface area contributed by atoms with Crippen molar-refractivity contribution >= 4 is 23.2 Å². The number of amides is 1. The van der Waals surface area contributed by atoms with Crippen molar-refractivity contribution in [1.82, 2.24) is 4.90 Å². The molecule has 4 heteroatoms. The van der Waals surface area contributed by atoms with Crippen molar-refractivity contribution in [3.63, 3.8) is 0 Å². The maximum Gasteiger partial charge on any atom is 0.241 e. The number of carbonyl (C=O) groups is 1. The van der Waals surface area contributed by atoms with Gasteiger partial charge in [0.2, 0.25) is 5.91 Å². The monoisotopic (exact) mass is 294 g/mol. The Morgan fingerprint density at radius 2 is 2.05 bits per heavy atom. The number of aryl methyl sites for hydroxylation is 1. The number of rotatable bonds is 4. The van der Waals surface area contributed by atoms with Crippen molar-refractivity contribution in [1.29, 1.82) is 0 Å². The number of halogens is 1. The van der Waals surface area contributed by atoms with Gasteiger partial charge in [0.1, 0.15) is 0 Å². The van der Waals surface area contributed by atoms with Gasteiger partial charge in [0.05, 0.1) is 6.54 Å². The maximum absolute atomic E-state index is 12.2. The summed E-state index contributed by atoms with van der Waals surface area (Å²) < 4.78 is 0. The third kappa shape index (κ3) is 3.89. The zero-order chi connectivity index (χ0) is 14.5. The van der Waals surface area contributed by atoms with Crippen molar-refractivity contribution in [2.75, 3.05) is 18.9 Å². The molecule has 1 amide bonds. The van der Waals surface area contributed by atoms with Gasteiger partial charge in [-0.1, -0.05) is 36.9 Å². The summed E-state index contributed by atoms with van der Waals surface area (Å²) in [7, 11) is 1.92. The molecule has 1 aromatic rings. The van der Waals surface area contributed by atoms with Crippen LogP contribution in [0.1, 0.15) is 37.7 Å². The van der Waals surface area contributed by atoms with Gasteiger partial charge in [0.15, 0.2) is 0 Å². The Morgan fingerprint density at radius 1 is 1.35 bits per heavy atom. The first-order chi connectivity index (χ1) is 9.58. The predicted molar refractivity (Wildman–Crippen MR) is 84.3 cm³/mol. The minimum absolute atomic E-state index is 0.147. The minimum atomic E-state index is 0.147. The molecular formula is C16H23ClN2O. The zero-order valence-corrected chi connectivity index (χ0v) is 13.0. The fourth-order valence-corrected chi connectivity index (χ4v) is 2.86. The Hall–Kier alpha value is -1.22. The lowest BCUT2D eigenvalue weighted by molar-refractivity contribution is -0.130. The molecule has 0 aromatic heterocycles. The quantitative estimate of drug-likeness (QED) is 0.915. The van der Waals surface area contributed by atoms with Crippen LogP contribution >= 0.6 is 11.6 Å². The van der Waals surface area contributed by atoms with Gasteiger partial charge in [-0.05, 0) is 37.5 Å². The third-order valence-electron chi connectivity index (χ3n) is 4.13. The highest BCUT2D eigenvalue weighted by atomic mass is 35.5. The SMILES string of the molecule is Cc1ccc(NCC(=O)N(C)C2CCCCC2)cc1Cl. The van der Waals surface area contributed by atoms with Crippen LogP contribution in [0.4, 0.5) is 5.69 Å². The Bertz CT molecular complexity index is 470. The summed E-state index contributed by atoms with van der Waals surface area (Å²) in [5, 5.41) is 3.88. The lowest BCUT2D eigenvalue weighted by Gasteiger charge is -2.31. The number of likely N-dealkylation sites (N-methyl/N-ethyl adjacent to an activating group) is 1. The maximum atomic E-state index is 12.2. The molecule has 0 bridgehead atoms. The van der Waals surface area contributed by atoms with Gasteiger partial charge in [-0.15, -0.1) is 0 Å². The molecule has 1 N–H and O–H groups in total. The molecule has 0 heterocycles. The fraction of sp³-hybridized carbons (Fsp3) is 0.562. The number of benzene rings is 1. The van der Waals surface area contributed by atoms with E-state index in [2.05, 4.69) is 5.32 Å². The second kappa shape index (κ2) is 6.98. The lowest BCUT2D eigenvalue weighted by atomic mass is 9.94. The predicted octanol–water partition coefficient (Wildman–Crippen LogP) is 3.85. The van der Waals surface area contributed by atoms with E-state index >= 15 is 0 Å². The molecule has 1 aromatic carbocycles. The molecule has 0 atom stereocenters. The van der Waals surface area contributed by atoms with Gasteiger partial charge in [0, 0.05) is 23.8 Å². The molecule has 20 heavy (non-hydrogen) atoms. The topological polar surface area (TPSA) is 32.3 Å². The van der Waals surface area contributed by atoms with Crippen molar-refractivity contribution in [2.24, 2.45) is 0 Å². The first-order valence-corrected chi connectivity index (χ1v) is 7.71.